The highest BCUT2D eigenvalue weighted by Crippen LogP contribution is 2.24. The lowest BCUT2D eigenvalue weighted by Gasteiger charge is -2.13. The number of aromatic nitrogens is 2. The van der Waals surface area contributed by atoms with Crippen LogP contribution >= 0.6 is 11.8 Å². The standard InChI is InChI=1S/C12H21N3S/c1-8(2)10(4)16-12-14-6-11(7-15-12)5-9(3)13/h6-10H,5,13H2,1-4H3. The Kier molecular flexibility index (Phi) is 5.22. The Morgan fingerprint density at radius 2 is 1.75 bits per heavy atom. The van der Waals surface area contributed by atoms with E-state index in [9.17, 15) is 0 Å². The van der Waals surface area contributed by atoms with Crippen LogP contribution in [0.3, 0.4) is 0 Å². The number of hydrogen-bond acceptors (Lipinski definition) is 4. The Hall–Kier alpha value is -0.610. The van der Waals surface area contributed by atoms with Crippen LogP contribution in [-0.4, -0.2) is 21.3 Å². The summed E-state index contributed by atoms with van der Waals surface area (Å²) in [6.45, 7) is 8.61. The zero-order chi connectivity index (χ0) is 12.1. The zero-order valence-electron chi connectivity index (χ0n) is 10.5. The lowest BCUT2D eigenvalue weighted by molar-refractivity contribution is 0.640. The molecule has 4 heteroatoms. The molecule has 1 aromatic rings. The SMILES string of the molecule is CC(N)Cc1cnc(SC(C)C(C)C)nc1. The van der Waals surface area contributed by atoms with Gasteiger partial charge in [-0.3, -0.25) is 0 Å². The normalized spacial score (nSPS) is 15.1. The van der Waals surface area contributed by atoms with Gasteiger partial charge in [0, 0.05) is 23.7 Å². The van der Waals surface area contributed by atoms with Crippen LogP contribution in [0, 0.1) is 5.92 Å². The van der Waals surface area contributed by atoms with Gasteiger partial charge < -0.3 is 5.73 Å². The molecule has 1 heterocycles. The summed E-state index contributed by atoms with van der Waals surface area (Å²) in [7, 11) is 0. The lowest BCUT2D eigenvalue weighted by atomic mass is 10.1. The van der Waals surface area contributed by atoms with E-state index in [4.69, 9.17) is 5.73 Å². The average molecular weight is 239 g/mol. The highest BCUT2D eigenvalue weighted by molar-refractivity contribution is 7.99. The molecule has 2 N–H and O–H groups in total. The molecule has 0 spiro atoms. The third-order valence-corrected chi connectivity index (χ3v) is 3.81. The molecule has 1 rings (SSSR count). The van der Waals surface area contributed by atoms with Crippen molar-refractivity contribution in [2.45, 2.75) is 50.6 Å². The van der Waals surface area contributed by atoms with Crippen molar-refractivity contribution in [1.82, 2.24) is 9.97 Å². The van der Waals surface area contributed by atoms with Crippen molar-refractivity contribution in [2.75, 3.05) is 0 Å². The number of nitrogens with zero attached hydrogens (tertiary/aromatic N) is 2. The van der Waals surface area contributed by atoms with Crippen molar-refractivity contribution in [3.8, 4) is 0 Å². The first-order valence-corrected chi connectivity index (χ1v) is 6.60. The van der Waals surface area contributed by atoms with Gasteiger partial charge in [0.1, 0.15) is 0 Å². The molecule has 90 valence electrons. The van der Waals surface area contributed by atoms with Gasteiger partial charge in [-0.05, 0) is 24.8 Å². The molecule has 0 aliphatic heterocycles. The molecule has 2 atom stereocenters. The summed E-state index contributed by atoms with van der Waals surface area (Å²) in [5.41, 5.74) is 6.83. The molecule has 16 heavy (non-hydrogen) atoms. The van der Waals surface area contributed by atoms with Gasteiger partial charge in [0.25, 0.3) is 0 Å². The summed E-state index contributed by atoms with van der Waals surface area (Å²) < 4.78 is 0. The van der Waals surface area contributed by atoms with E-state index >= 15 is 0 Å². The average Bonchev–Trinajstić information content (AvgIpc) is 2.20. The van der Waals surface area contributed by atoms with Gasteiger partial charge >= 0.3 is 0 Å². The van der Waals surface area contributed by atoms with Crippen LogP contribution in [0.25, 0.3) is 0 Å². The molecule has 0 fully saturated rings. The predicted octanol–water partition coefficient (Wildman–Crippen LogP) is 2.50. The summed E-state index contributed by atoms with van der Waals surface area (Å²) >= 11 is 1.73. The molecule has 0 saturated heterocycles. The highest BCUT2D eigenvalue weighted by atomic mass is 32.2. The monoisotopic (exact) mass is 239 g/mol. The van der Waals surface area contributed by atoms with Crippen LogP contribution in [0.5, 0.6) is 0 Å². The third-order valence-electron chi connectivity index (χ3n) is 2.47. The molecule has 2 unspecified atom stereocenters. The number of thioether (sulfide) groups is 1. The van der Waals surface area contributed by atoms with E-state index < -0.39 is 0 Å². The van der Waals surface area contributed by atoms with Gasteiger partial charge in [-0.15, -0.1) is 0 Å². The van der Waals surface area contributed by atoms with E-state index in [2.05, 4.69) is 30.7 Å². The largest absolute Gasteiger partial charge is 0.328 e. The molecule has 3 nitrogen and oxygen atoms in total. The molecule has 0 radical (unpaired) electrons. The van der Waals surface area contributed by atoms with E-state index in [1.807, 2.05) is 19.3 Å². The number of nitrogens with two attached hydrogens (primary N) is 1. The van der Waals surface area contributed by atoms with E-state index in [1.165, 1.54) is 0 Å². The maximum Gasteiger partial charge on any atom is 0.187 e. The van der Waals surface area contributed by atoms with Gasteiger partial charge in [-0.1, -0.05) is 32.5 Å². The van der Waals surface area contributed by atoms with E-state index in [0.717, 1.165) is 17.1 Å². The minimum atomic E-state index is 0.164. The molecule has 0 saturated carbocycles. The fraction of sp³-hybridized carbons (Fsp3) is 0.667. The highest BCUT2D eigenvalue weighted by Gasteiger charge is 2.10. The zero-order valence-corrected chi connectivity index (χ0v) is 11.3. The summed E-state index contributed by atoms with van der Waals surface area (Å²) in [6.07, 6.45) is 4.60. The molecule has 0 amide bonds. The number of rotatable bonds is 5. The summed E-state index contributed by atoms with van der Waals surface area (Å²) in [4.78, 5) is 8.70. The summed E-state index contributed by atoms with van der Waals surface area (Å²) in [5.74, 6) is 0.636. The summed E-state index contributed by atoms with van der Waals surface area (Å²) in [6, 6.07) is 0.164. The van der Waals surface area contributed by atoms with Crippen molar-refractivity contribution < 1.29 is 0 Å². The first kappa shape index (κ1) is 13.5. The Balaban J connectivity index is 2.57. The quantitative estimate of drug-likeness (QED) is 0.633. The maximum atomic E-state index is 5.72. The van der Waals surface area contributed by atoms with E-state index in [1.54, 1.807) is 11.8 Å². The Morgan fingerprint density at radius 1 is 1.19 bits per heavy atom. The molecule has 0 bridgehead atoms. The van der Waals surface area contributed by atoms with Crippen LogP contribution in [0.15, 0.2) is 17.6 Å². The molecular weight excluding hydrogens is 218 g/mol. The maximum absolute atomic E-state index is 5.72. The third kappa shape index (κ3) is 4.49. The minimum absolute atomic E-state index is 0.164. The van der Waals surface area contributed by atoms with Crippen LogP contribution < -0.4 is 5.73 Å². The first-order chi connectivity index (χ1) is 7.49. The topological polar surface area (TPSA) is 51.8 Å². The van der Waals surface area contributed by atoms with Gasteiger partial charge in [0.15, 0.2) is 5.16 Å². The van der Waals surface area contributed by atoms with Gasteiger partial charge in [-0.25, -0.2) is 9.97 Å². The van der Waals surface area contributed by atoms with Crippen LogP contribution in [0.1, 0.15) is 33.3 Å². The second kappa shape index (κ2) is 6.21. The van der Waals surface area contributed by atoms with Crippen LogP contribution in [0.4, 0.5) is 0 Å². The molecule has 0 aromatic carbocycles. The molecular formula is C12H21N3S. The summed E-state index contributed by atoms with van der Waals surface area (Å²) in [5, 5.41) is 1.40. The van der Waals surface area contributed by atoms with Gasteiger partial charge in [0.05, 0.1) is 0 Å². The van der Waals surface area contributed by atoms with E-state index in [0.29, 0.717) is 11.2 Å². The molecule has 0 aliphatic carbocycles. The Bertz CT molecular complexity index is 309. The second-order valence-electron chi connectivity index (χ2n) is 4.62. The van der Waals surface area contributed by atoms with Gasteiger partial charge in [0.2, 0.25) is 0 Å². The Labute approximate surface area is 102 Å². The van der Waals surface area contributed by atoms with Crippen molar-refractivity contribution in [3.05, 3.63) is 18.0 Å². The fourth-order valence-electron chi connectivity index (χ4n) is 1.18. The van der Waals surface area contributed by atoms with Crippen molar-refractivity contribution in [1.29, 1.82) is 0 Å². The molecule has 1 aromatic heterocycles. The van der Waals surface area contributed by atoms with E-state index in [-0.39, 0.29) is 6.04 Å². The predicted molar refractivity (Wildman–Crippen MR) is 69.5 cm³/mol. The molecule has 0 aliphatic rings. The van der Waals surface area contributed by atoms with Crippen molar-refractivity contribution in [3.63, 3.8) is 0 Å². The van der Waals surface area contributed by atoms with Crippen LogP contribution in [0.2, 0.25) is 0 Å². The van der Waals surface area contributed by atoms with Gasteiger partial charge in [-0.2, -0.15) is 0 Å². The lowest BCUT2D eigenvalue weighted by Crippen LogP contribution is -2.18. The van der Waals surface area contributed by atoms with Crippen molar-refractivity contribution in [2.24, 2.45) is 11.7 Å². The van der Waals surface area contributed by atoms with Crippen LogP contribution in [-0.2, 0) is 6.42 Å². The minimum Gasteiger partial charge on any atom is -0.328 e. The smallest absolute Gasteiger partial charge is 0.187 e. The Morgan fingerprint density at radius 3 is 2.19 bits per heavy atom. The second-order valence-corrected chi connectivity index (χ2v) is 5.97. The number of hydrogen-bond donors (Lipinski definition) is 1. The van der Waals surface area contributed by atoms with Crippen molar-refractivity contribution >= 4 is 11.8 Å². The first-order valence-electron chi connectivity index (χ1n) is 5.72. The fourth-order valence-corrected chi connectivity index (χ4v) is 2.02.